The fourth-order valence-electron chi connectivity index (χ4n) is 2.90. The fraction of sp³-hybridized carbons (Fsp3) is 0.143. The summed E-state index contributed by atoms with van der Waals surface area (Å²) in [5, 5.41) is 6.03. The molecular formula is C21H21N3O2. The van der Waals surface area contributed by atoms with Crippen molar-refractivity contribution in [2.75, 3.05) is 10.6 Å². The van der Waals surface area contributed by atoms with Crippen LogP contribution in [-0.2, 0) is 11.8 Å². The van der Waals surface area contributed by atoms with Crippen molar-refractivity contribution in [3.8, 4) is 11.1 Å². The summed E-state index contributed by atoms with van der Waals surface area (Å²) in [6, 6.07) is 17.2. The Kier molecular flexibility index (Phi) is 4.89. The van der Waals surface area contributed by atoms with Crippen molar-refractivity contribution in [1.29, 1.82) is 0 Å². The van der Waals surface area contributed by atoms with Gasteiger partial charge in [0.2, 0.25) is 5.91 Å². The molecule has 0 saturated heterocycles. The number of nitrogens with zero attached hydrogens (tertiary/aromatic N) is 1. The lowest BCUT2D eigenvalue weighted by Crippen LogP contribution is -2.19. The minimum absolute atomic E-state index is 0.103. The van der Waals surface area contributed by atoms with Gasteiger partial charge < -0.3 is 15.2 Å². The number of nitrogens with one attached hydrogen (secondary N) is 2. The molecule has 3 aromatic rings. The number of aromatic nitrogens is 1. The number of para-hydroxylation sites is 1. The smallest absolute Gasteiger partial charge is 0.274 e. The van der Waals surface area contributed by atoms with Crippen LogP contribution in [-0.4, -0.2) is 10.5 Å². The lowest BCUT2D eigenvalue weighted by atomic mass is 10.00. The lowest BCUT2D eigenvalue weighted by Gasteiger charge is -2.14. The van der Waals surface area contributed by atoms with Crippen LogP contribution < -0.4 is 16.2 Å². The van der Waals surface area contributed by atoms with Crippen molar-refractivity contribution < 1.29 is 4.79 Å². The van der Waals surface area contributed by atoms with Gasteiger partial charge in [-0.2, -0.15) is 0 Å². The molecule has 0 aliphatic carbocycles. The Hall–Kier alpha value is -3.34. The predicted octanol–water partition coefficient (Wildman–Crippen LogP) is 4.06. The van der Waals surface area contributed by atoms with Gasteiger partial charge in [0.05, 0.1) is 0 Å². The zero-order valence-electron chi connectivity index (χ0n) is 15.0. The maximum Gasteiger partial charge on any atom is 0.274 e. The van der Waals surface area contributed by atoms with Crippen molar-refractivity contribution >= 4 is 23.0 Å². The Bertz CT molecular complexity index is 1010. The third-order valence-corrected chi connectivity index (χ3v) is 4.19. The highest BCUT2D eigenvalue weighted by molar-refractivity contribution is 5.91. The molecule has 3 rings (SSSR count). The first kappa shape index (κ1) is 17.5. The minimum Gasteiger partial charge on any atom is -0.351 e. The second-order valence-corrected chi connectivity index (χ2v) is 6.21. The summed E-state index contributed by atoms with van der Waals surface area (Å²) in [6.45, 7) is 3.44. The zero-order chi connectivity index (χ0) is 18.7. The first-order chi connectivity index (χ1) is 12.5. The van der Waals surface area contributed by atoms with Crippen molar-refractivity contribution in [3.63, 3.8) is 0 Å². The van der Waals surface area contributed by atoms with E-state index in [1.54, 1.807) is 17.8 Å². The largest absolute Gasteiger partial charge is 0.351 e. The average Bonchev–Trinajstić information content (AvgIpc) is 2.61. The maximum absolute atomic E-state index is 12.5. The van der Waals surface area contributed by atoms with Gasteiger partial charge in [-0.05, 0) is 42.3 Å². The van der Waals surface area contributed by atoms with Crippen LogP contribution in [0.5, 0.6) is 0 Å². The van der Waals surface area contributed by atoms with Gasteiger partial charge in [0.25, 0.3) is 5.56 Å². The Balaban J connectivity index is 2.07. The summed E-state index contributed by atoms with van der Waals surface area (Å²) in [7, 11) is 1.73. The number of aryl methyl sites for hydroxylation is 1. The van der Waals surface area contributed by atoms with Gasteiger partial charge >= 0.3 is 0 Å². The van der Waals surface area contributed by atoms with Crippen LogP contribution in [0.25, 0.3) is 11.1 Å². The van der Waals surface area contributed by atoms with E-state index in [9.17, 15) is 9.59 Å². The minimum atomic E-state index is -0.114. The van der Waals surface area contributed by atoms with E-state index in [1.807, 2.05) is 61.5 Å². The highest BCUT2D eigenvalue weighted by Crippen LogP contribution is 2.29. The molecule has 5 nitrogen and oxygen atoms in total. The quantitative estimate of drug-likeness (QED) is 0.748. The van der Waals surface area contributed by atoms with Gasteiger partial charge in [-0.3, -0.25) is 9.59 Å². The number of anilines is 3. The van der Waals surface area contributed by atoms with Gasteiger partial charge in [-0.25, -0.2) is 0 Å². The Morgan fingerprint density at radius 3 is 2.42 bits per heavy atom. The number of amides is 1. The standard InChI is InChI=1S/C21H21N3O2/c1-14-18(10-7-11-19(14)22-15(2)25)16-12-20(21(26)24(3)13-16)23-17-8-5-4-6-9-17/h4-13,23H,1-3H3,(H,22,25). The van der Waals surface area contributed by atoms with Crippen molar-refractivity contribution in [1.82, 2.24) is 4.57 Å². The van der Waals surface area contributed by atoms with E-state index in [2.05, 4.69) is 10.6 Å². The number of benzene rings is 2. The number of carbonyl (C=O) groups is 1. The SMILES string of the molecule is CC(=O)Nc1cccc(-c2cc(Nc3ccccc3)c(=O)n(C)c2)c1C. The van der Waals surface area contributed by atoms with Crippen LogP contribution in [0.1, 0.15) is 12.5 Å². The summed E-state index contributed by atoms with van der Waals surface area (Å²) >= 11 is 0. The maximum atomic E-state index is 12.5. The number of carbonyl (C=O) groups excluding carboxylic acids is 1. The molecule has 0 fully saturated rings. The highest BCUT2D eigenvalue weighted by atomic mass is 16.1. The van der Waals surface area contributed by atoms with E-state index in [0.717, 1.165) is 28.1 Å². The first-order valence-corrected chi connectivity index (χ1v) is 8.36. The molecule has 1 amide bonds. The molecule has 0 radical (unpaired) electrons. The third-order valence-electron chi connectivity index (χ3n) is 4.19. The monoisotopic (exact) mass is 347 g/mol. The van der Waals surface area contributed by atoms with Crippen molar-refractivity contribution in [2.24, 2.45) is 7.05 Å². The van der Waals surface area contributed by atoms with E-state index in [0.29, 0.717) is 5.69 Å². The van der Waals surface area contributed by atoms with E-state index >= 15 is 0 Å². The molecule has 0 aliphatic heterocycles. The van der Waals surface area contributed by atoms with Crippen LogP contribution >= 0.6 is 0 Å². The molecule has 26 heavy (non-hydrogen) atoms. The zero-order valence-corrected chi connectivity index (χ0v) is 15.0. The molecule has 132 valence electrons. The summed E-state index contributed by atoms with van der Waals surface area (Å²) in [5.74, 6) is -0.114. The molecule has 5 heteroatoms. The van der Waals surface area contributed by atoms with E-state index in [4.69, 9.17) is 0 Å². The van der Waals surface area contributed by atoms with E-state index < -0.39 is 0 Å². The third kappa shape index (κ3) is 3.67. The molecule has 0 atom stereocenters. The average molecular weight is 347 g/mol. The van der Waals surface area contributed by atoms with Crippen LogP contribution in [0, 0.1) is 6.92 Å². The summed E-state index contributed by atoms with van der Waals surface area (Å²) in [4.78, 5) is 23.9. The molecule has 0 saturated carbocycles. The second-order valence-electron chi connectivity index (χ2n) is 6.21. The highest BCUT2D eigenvalue weighted by Gasteiger charge is 2.11. The normalized spacial score (nSPS) is 10.4. The molecule has 1 heterocycles. The Labute approximate surface area is 152 Å². The molecule has 2 aromatic carbocycles. The number of pyridine rings is 1. The number of hydrogen-bond donors (Lipinski definition) is 2. The van der Waals surface area contributed by atoms with Gasteiger partial charge in [0.15, 0.2) is 0 Å². The van der Waals surface area contributed by atoms with Gasteiger partial charge in [0, 0.05) is 37.1 Å². The second kappa shape index (κ2) is 7.27. The van der Waals surface area contributed by atoms with E-state index in [-0.39, 0.29) is 11.5 Å². The summed E-state index contributed by atoms with van der Waals surface area (Å²) in [6.07, 6.45) is 1.80. The van der Waals surface area contributed by atoms with Crippen LogP contribution in [0.15, 0.2) is 65.6 Å². The van der Waals surface area contributed by atoms with Crippen LogP contribution in [0.2, 0.25) is 0 Å². The van der Waals surface area contributed by atoms with Crippen molar-refractivity contribution in [2.45, 2.75) is 13.8 Å². The van der Waals surface area contributed by atoms with Gasteiger partial charge in [-0.1, -0.05) is 30.3 Å². The first-order valence-electron chi connectivity index (χ1n) is 8.36. The van der Waals surface area contributed by atoms with Crippen LogP contribution in [0.3, 0.4) is 0 Å². The molecule has 0 bridgehead atoms. The molecule has 0 aliphatic rings. The van der Waals surface area contributed by atoms with Crippen molar-refractivity contribution in [3.05, 3.63) is 76.7 Å². The molecular weight excluding hydrogens is 326 g/mol. The van der Waals surface area contributed by atoms with Gasteiger partial charge in [0.1, 0.15) is 5.69 Å². The summed E-state index contributed by atoms with van der Waals surface area (Å²) in [5.41, 5.74) is 4.82. The number of rotatable bonds is 4. The molecule has 1 aromatic heterocycles. The van der Waals surface area contributed by atoms with E-state index in [1.165, 1.54) is 6.92 Å². The van der Waals surface area contributed by atoms with Crippen LogP contribution in [0.4, 0.5) is 17.1 Å². The summed E-state index contributed by atoms with van der Waals surface area (Å²) < 4.78 is 1.56. The molecule has 0 spiro atoms. The number of hydrogen-bond acceptors (Lipinski definition) is 3. The molecule has 0 unspecified atom stereocenters. The fourth-order valence-corrected chi connectivity index (χ4v) is 2.90. The predicted molar refractivity (Wildman–Crippen MR) is 106 cm³/mol. The Morgan fingerprint density at radius 2 is 1.73 bits per heavy atom. The Morgan fingerprint density at radius 1 is 1.00 bits per heavy atom. The van der Waals surface area contributed by atoms with Gasteiger partial charge in [-0.15, -0.1) is 0 Å². The topological polar surface area (TPSA) is 63.1 Å². The molecule has 2 N–H and O–H groups in total. The lowest BCUT2D eigenvalue weighted by molar-refractivity contribution is -0.114.